The van der Waals surface area contributed by atoms with Crippen molar-refractivity contribution in [1.29, 1.82) is 0 Å². The van der Waals surface area contributed by atoms with E-state index in [0.29, 0.717) is 40.2 Å². The molecule has 0 unspecified atom stereocenters. The number of carbonyl (C=O) groups excluding carboxylic acids is 3. The van der Waals surface area contributed by atoms with Crippen LogP contribution in [0.3, 0.4) is 0 Å². The zero-order valence-electron chi connectivity index (χ0n) is 33.0. The maximum Gasteiger partial charge on any atom is 2.00 e. The molecule has 3 aliphatic rings. The third kappa shape index (κ3) is 7.52. The molecule has 8 bridgehead atoms. The van der Waals surface area contributed by atoms with E-state index in [1.165, 1.54) is 19.1 Å². The Morgan fingerprint density at radius 2 is 1.65 bits per heavy atom. The van der Waals surface area contributed by atoms with Gasteiger partial charge in [-0.25, -0.2) is 0 Å². The Labute approximate surface area is 334 Å². The minimum Gasteiger partial charge on any atom is -0.664 e. The SMILES string of the molecule is C=Cc1c2[n-]c(c1C)/C=C1\[N-]/C(=C3\c4[n-]c(c(C)c4C(=O)[C@@H]3C(=O)OC)/C=c3\[n-]/c(c(C)c3CC)=C\2)[C@@H](CCC(=O)OC/C=C(/C)CCCCC)[C@@H]1C.[Mg+2]. The average molecular weight is 739 g/mol. The van der Waals surface area contributed by atoms with Crippen molar-refractivity contribution in [3.63, 3.8) is 0 Å². The minimum absolute atomic E-state index is 0. The van der Waals surface area contributed by atoms with E-state index in [-0.39, 0.29) is 59.7 Å². The van der Waals surface area contributed by atoms with E-state index in [0.717, 1.165) is 75.7 Å². The van der Waals surface area contributed by atoms with Gasteiger partial charge in [-0.1, -0.05) is 97.9 Å². The van der Waals surface area contributed by atoms with Gasteiger partial charge in [-0.15, -0.1) is 33.5 Å². The minimum atomic E-state index is -1.21. The Kier molecular flexibility index (Phi) is 12.9. The first-order valence-corrected chi connectivity index (χ1v) is 18.9. The molecule has 2 aliphatic heterocycles. The second-order valence-electron chi connectivity index (χ2n) is 14.5. The number of Topliss-reactive ketones (excluding diaryl/α,β-unsaturated/α-hetero) is 1. The first-order valence-electron chi connectivity index (χ1n) is 18.9. The maximum absolute atomic E-state index is 14.2. The van der Waals surface area contributed by atoms with Crippen molar-refractivity contribution >= 4 is 70.7 Å². The van der Waals surface area contributed by atoms with Crippen LogP contribution in [-0.4, -0.2) is 54.5 Å². The summed E-state index contributed by atoms with van der Waals surface area (Å²) in [7, 11) is 1.29. The van der Waals surface area contributed by atoms with Crippen LogP contribution in [0.15, 0.2) is 29.6 Å². The monoisotopic (exact) mass is 738 g/mol. The number of allylic oxidation sites excluding steroid dienone is 3. The van der Waals surface area contributed by atoms with E-state index in [9.17, 15) is 14.4 Å². The molecule has 6 rings (SSSR count). The number of methoxy groups -OCH3 is 1. The molecule has 3 atom stereocenters. The third-order valence-corrected chi connectivity index (χ3v) is 11.3. The van der Waals surface area contributed by atoms with Crippen molar-refractivity contribution in [2.75, 3.05) is 13.7 Å². The molecule has 0 saturated carbocycles. The van der Waals surface area contributed by atoms with Gasteiger partial charge in [0.2, 0.25) is 0 Å². The van der Waals surface area contributed by atoms with Crippen LogP contribution in [-0.2, 0) is 25.5 Å². The third-order valence-electron chi connectivity index (χ3n) is 11.3. The number of aromatic nitrogens is 3. The second kappa shape index (κ2) is 17.0. The van der Waals surface area contributed by atoms with E-state index in [1.807, 2.05) is 44.2 Å². The number of unbranched alkanes of at least 4 members (excludes halogenated alkanes) is 2. The largest absolute Gasteiger partial charge is 2.00 e. The van der Waals surface area contributed by atoms with Crippen LogP contribution in [0.25, 0.3) is 35.2 Å². The van der Waals surface area contributed by atoms with Gasteiger partial charge in [0.15, 0.2) is 5.78 Å². The number of fused-ring (bicyclic) bond motifs is 7. The predicted octanol–water partition coefficient (Wildman–Crippen LogP) is 6.51. The summed E-state index contributed by atoms with van der Waals surface area (Å²) >= 11 is 0. The van der Waals surface area contributed by atoms with Crippen LogP contribution in [0.5, 0.6) is 0 Å². The van der Waals surface area contributed by atoms with Crippen molar-refractivity contribution in [2.24, 2.45) is 17.8 Å². The van der Waals surface area contributed by atoms with Gasteiger partial charge in [0.05, 0.1) is 7.11 Å². The molecule has 3 aromatic rings. The zero-order chi connectivity index (χ0) is 38.1. The van der Waals surface area contributed by atoms with Crippen molar-refractivity contribution in [2.45, 2.75) is 93.4 Å². The molecule has 280 valence electrons. The van der Waals surface area contributed by atoms with Gasteiger partial charge in [-0.3, -0.25) is 14.4 Å². The Hall–Kier alpha value is -4.28. The molecule has 5 heterocycles. The molecular weight excluding hydrogens is 689 g/mol. The van der Waals surface area contributed by atoms with E-state index in [4.69, 9.17) is 29.7 Å². The van der Waals surface area contributed by atoms with Gasteiger partial charge >= 0.3 is 35.0 Å². The number of ether oxygens (including phenoxy) is 2. The fourth-order valence-electron chi connectivity index (χ4n) is 8.03. The topological polar surface area (TPSA) is 126 Å². The van der Waals surface area contributed by atoms with Crippen LogP contribution in [0.1, 0.15) is 127 Å². The fourth-order valence-corrected chi connectivity index (χ4v) is 8.03. The van der Waals surface area contributed by atoms with Gasteiger partial charge in [-0.05, 0) is 76.9 Å². The summed E-state index contributed by atoms with van der Waals surface area (Å²) in [5, 5.41) is 6.79. The number of carbonyl (C=O) groups is 3. The number of ketones is 1. The molecular formula is C44H50MgN4O5-2. The molecule has 1 fully saturated rings. The first-order chi connectivity index (χ1) is 25.4. The zero-order valence-corrected chi connectivity index (χ0v) is 34.4. The smallest absolute Gasteiger partial charge is 0.664 e. The van der Waals surface area contributed by atoms with E-state index in [2.05, 4.69) is 41.2 Å². The molecule has 3 aromatic heterocycles. The first kappa shape index (κ1) is 40.9. The quantitative estimate of drug-likeness (QED) is 0.0678. The molecule has 9 nitrogen and oxygen atoms in total. The summed E-state index contributed by atoms with van der Waals surface area (Å²) in [6.45, 7) is 18.7. The molecule has 1 saturated heterocycles. The maximum atomic E-state index is 14.2. The number of nitrogens with zero attached hydrogens (tertiary/aromatic N) is 4. The summed E-state index contributed by atoms with van der Waals surface area (Å²) in [5.41, 5.74) is 10.6. The van der Waals surface area contributed by atoms with E-state index >= 15 is 0 Å². The van der Waals surface area contributed by atoms with Gasteiger partial charge in [0.25, 0.3) is 0 Å². The fraction of sp³-hybridized carbons (Fsp3) is 0.432. The van der Waals surface area contributed by atoms with Crippen molar-refractivity contribution in [3.8, 4) is 0 Å². The Balaban J connectivity index is 0.00000561. The molecule has 1 aliphatic carbocycles. The molecule has 0 N–H and O–H groups in total. The van der Waals surface area contributed by atoms with E-state index < -0.39 is 11.9 Å². The predicted molar refractivity (Wildman–Crippen MR) is 214 cm³/mol. The summed E-state index contributed by atoms with van der Waals surface area (Å²) in [6.07, 6.45) is 15.5. The number of rotatable bonds is 12. The summed E-state index contributed by atoms with van der Waals surface area (Å²) in [4.78, 5) is 56.0. The standard InChI is InChI=1S/C44H51N4O5.Mg/c1-10-13-14-15-23(4)18-19-53-37(49)17-16-30-26(7)33-20-31-24(5)28(11-2)35(45-31)21-32-25(6)29(12-3)36(46-32)22-34-27(8)38-42(48-34)39(41(30)47-33)40(43(38)50)44(51)52-9;/h11,18,20-22,26,30,40H,2,10,12-17,19H2,1,3-9H3,(H-,47,48,50);/q-3;+2/p-1/b23-18-,32-21-,33-20-,36-22-;/t26-,30-,40+;/m0./s1. The molecule has 54 heavy (non-hydrogen) atoms. The van der Waals surface area contributed by atoms with Crippen molar-refractivity contribution in [3.05, 3.63) is 102 Å². The van der Waals surface area contributed by atoms with Crippen LogP contribution in [0.2, 0.25) is 0 Å². The average Bonchev–Trinajstić information content (AvgIpc) is 3.87. The normalized spacial score (nSPS) is 22.3. The summed E-state index contributed by atoms with van der Waals surface area (Å²) in [6, 6.07) is 0. The molecule has 0 radical (unpaired) electrons. The van der Waals surface area contributed by atoms with Gasteiger partial charge in [0, 0.05) is 12.0 Å². The molecule has 0 spiro atoms. The summed E-state index contributed by atoms with van der Waals surface area (Å²) < 4.78 is 10.9. The number of esters is 2. The Bertz CT molecular complexity index is 2210. The molecule has 0 aromatic carbocycles. The second-order valence-corrected chi connectivity index (χ2v) is 14.5. The number of hydrogen-bond donors (Lipinski definition) is 0. The Morgan fingerprint density at radius 1 is 0.926 bits per heavy atom. The summed E-state index contributed by atoms with van der Waals surface area (Å²) in [5.74, 6) is -3.03. The van der Waals surface area contributed by atoms with Crippen LogP contribution < -0.4 is 25.7 Å². The van der Waals surface area contributed by atoms with Crippen LogP contribution in [0, 0.1) is 38.5 Å². The Morgan fingerprint density at radius 3 is 2.33 bits per heavy atom. The van der Waals surface area contributed by atoms with Crippen molar-refractivity contribution < 1.29 is 23.9 Å². The van der Waals surface area contributed by atoms with Gasteiger partial charge in [-0.2, -0.15) is 11.4 Å². The molecule has 10 heteroatoms. The molecule has 0 amide bonds. The van der Waals surface area contributed by atoms with Gasteiger partial charge < -0.3 is 29.7 Å². The van der Waals surface area contributed by atoms with Gasteiger partial charge in [0.1, 0.15) is 12.5 Å². The number of hydrogen-bond acceptors (Lipinski definition) is 5. The van der Waals surface area contributed by atoms with Crippen LogP contribution >= 0.6 is 0 Å². The van der Waals surface area contributed by atoms with Crippen LogP contribution in [0.4, 0.5) is 0 Å². The van der Waals surface area contributed by atoms with Crippen molar-refractivity contribution in [1.82, 2.24) is 15.0 Å². The van der Waals surface area contributed by atoms with E-state index in [1.54, 1.807) is 0 Å².